The third-order valence-corrected chi connectivity index (χ3v) is 5.95. The molecule has 0 saturated heterocycles. The molecule has 2 amide bonds. The number of hydrogen-bond donors (Lipinski definition) is 3. The van der Waals surface area contributed by atoms with Gasteiger partial charge in [-0.3, -0.25) is 9.59 Å². The maximum Gasteiger partial charge on any atom is 0.299 e. The summed E-state index contributed by atoms with van der Waals surface area (Å²) in [7, 11) is -4.28. The van der Waals surface area contributed by atoms with Gasteiger partial charge in [-0.1, -0.05) is 59.8 Å². The number of halogens is 1. The van der Waals surface area contributed by atoms with Crippen molar-refractivity contribution in [3.8, 4) is 5.75 Å². The molecule has 2 rings (SSSR count). The molecule has 8 nitrogen and oxygen atoms in total. The zero-order chi connectivity index (χ0) is 24.4. The van der Waals surface area contributed by atoms with Crippen LogP contribution in [0.3, 0.4) is 0 Å². The van der Waals surface area contributed by atoms with Crippen molar-refractivity contribution >= 4 is 44.0 Å². The van der Waals surface area contributed by atoms with Gasteiger partial charge in [0.05, 0.1) is 0 Å². The molecule has 0 heterocycles. The molecule has 1 saturated carbocycles. The van der Waals surface area contributed by atoms with Crippen LogP contribution in [0.2, 0.25) is 0 Å². The van der Waals surface area contributed by atoms with Gasteiger partial charge in [-0.05, 0) is 56.0 Å². The molecule has 0 atom stereocenters. The molecule has 10 heteroatoms. The lowest BCUT2D eigenvalue weighted by atomic mass is 10.0. The molecule has 0 aromatic heterocycles. The van der Waals surface area contributed by atoms with Crippen LogP contribution in [-0.4, -0.2) is 20.2 Å². The molecule has 1 aliphatic rings. The van der Waals surface area contributed by atoms with Crippen molar-refractivity contribution in [2.45, 2.75) is 52.4 Å². The van der Waals surface area contributed by atoms with Crippen molar-refractivity contribution in [3.05, 3.63) is 57.9 Å². The van der Waals surface area contributed by atoms with Gasteiger partial charge in [-0.15, -0.1) is 0 Å². The first-order chi connectivity index (χ1) is 15.6. The van der Waals surface area contributed by atoms with E-state index in [0.717, 1.165) is 23.7 Å². The molecule has 0 spiro atoms. The summed E-state index contributed by atoms with van der Waals surface area (Å²) in [6.45, 7) is 3.74. The van der Waals surface area contributed by atoms with E-state index >= 15 is 0 Å². The first-order valence-corrected chi connectivity index (χ1v) is 13.0. The van der Waals surface area contributed by atoms with E-state index in [-0.39, 0.29) is 18.0 Å². The fourth-order valence-corrected chi connectivity index (χ4v) is 4.07. The van der Waals surface area contributed by atoms with Crippen molar-refractivity contribution in [1.82, 2.24) is 10.0 Å². The molecule has 0 bridgehead atoms. The second-order valence-corrected chi connectivity index (χ2v) is 10.3. The Labute approximate surface area is 203 Å². The smallest absolute Gasteiger partial charge is 0.299 e. The molecule has 0 unspecified atom stereocenters. The highest BCUT2D eigenvalue weighted by atomic mass is 79.9. The molecule has 1 aliphatic carbocycles. The van der Waals surface area contributed by atoms with Crippen LogP contribution in [0.4, 0.5) is 0 Å². The Morgan fingerprint density at radius 2 is 1.85 bits per heavy atom. The Morgan fingerprint density at radius 1 is 1.21 bits per heavy atom. The third-order valence-electron chi connectivity index (χ3n) is 5.08. The number of carbonyl (C=O) groups is 2. The average molecular weight is 540 g/mol. The molecule has 180 valence electrons. The zero-order valence-corrected chi connectivity index (χ0v) is 21.2. The lowest BCUT2D eigenvalue weighted by Gasteiger charge is -2.12. The fraction of sp³-hybridized carbons (Fsp3) is 0.391. The molecular formula is C23H30BrN3O5S. The minimum absolute atomic E-state index is 0.208. The molecule has 0 radical (unpaired) electrons. The SMILES string of the molecule is C/C=C\C(Oc1ccc(/C=C(\NC(=O)CCC2CCCC2)C(=O)NS(N)(=O)=O)cc1)=C(/C)Br. The van der Waals surface area contributed by atoms with Gasteiger partial charge in [0, 0.05) is 10.9 Å². The highest BCUT2D eigenvalue weighted by Crippen LogP contribution is 2.28. The first kappa shape index (κ1) is 26.8. The third kappa shape index (κ3) is 9.93. The number of amides is 2. The summed E-state index contributed by atoms with van der Waals surface area (Å²) in [5.41, 5.74) is 0.352. The normalized spacial score (nSPS) is 15.9. The van der Waals surface area contributed by atoms with Gasteiger partial charge in [0.25, 0.3) is 16.1 Å². The summed E-state index contributed by atoms with van der Waals surface area (Å²) >= 11 is 3.39. The summed E-state index contributed by atoms with van der Waals surface area (Å²) in [4.78, 5) is 24.8. The van der Waals surface area contributed by atoms with Crippen molar-refractivity contribution in [2.75, 3.05) is 0 Å². The van der Waals surface area contributed by atoms with Gasteiger partial charge in [0.2, 0.25) is 5.91 Å². The molecule has 1 fully saturated rings. The first-order valence-electron chi connectivity index (χ1n) is 10.7. The molecule has 1 aromatic carbocycles. The van der Waals surface area contributed by atoms with Gasteiger partial charge in [0.15, 0.2) is 0 Å². The predicted octanol–water partition coefficient (Wildman–Crippen LogP) is 4.02. The Morgan fingerprint density at radius 3 is 2.39 bits per heavy atom. The minimum Gasteiger partial charge on any atom is -0.457 e. The number of nitrogens with one attached hydrogen (secondary N) is 2. The number of hydrogen-bond acceptors (Lipinski definition) is 5. The number of allylic oxidation sites excluding steroid dienone is 3. The van der Waals surface area contributed by atoms with E-state index in [4.69, 9.17) is 9.88 Å². The van der Waals surface area contributed by atoms with Gasteiger partial charge < -0.3 is 10.1 Å². The van der Waals surface area contributed by atoms with Crippen LogP contribution in [0.15, 0.2) is 52.4 Å². The predicted molar refractivity (Wildman–Crippen MR) is 132 cm³/mol. The second kappa shape index (κ2) is 12.7. The standard InChI is InChI=1S/C23H30BrN3O5S/c1-3-6-21(16(2)24)32-19-12-9-18(10-13-19)15-20(23(29)27-33(25,30)31)26-22(28)14-11-17-7-4-5-8-17/h3,6,9-10,12-13,15,17H,4-5,7-8,11,14H2,1-2H3,(H,26,28)(H,27,29)(H2,25,30,31)/b6-3-,20-15-,21-16-. The fourth-order valence-electron chi connectivity index (χ4n) is 3.49. The monoisotopic (exact) mass is 539 g/mol. The highest BCUT2D eigenvalue weighted by molar-refractivity contribution is 9.11. The zero-order valence-electron chi connectivity index (χ0n) is 18.8. The van der Waals surface area contributed by atoms with E-state index < -0.39 is 16.1 Å². The summed E-state index contributed by atoms with van der Waals surface area (Å²) in [5, 5.41) is 7.45. The molecule has 4 N–H and O–H groups in total. The van der Waals surface area contributed by atoms with Gasteiger partial charge in [-0.2, -0.15) is 8.42 Å². The Kier molecular flexibility index (Phi) is 10.3. The van der Waals surface area contributed by atoms with E-state index in [2.05, 4.69) is 21.2 Å². The Bertz CT molecular complexity index is 1040. The van der Waals surface area contributed by atoms with Crippen LogP contribution in [0.25, 0.3) is 6.08 Å². The summed E-state index contributed by atoms with van der Waals surface area (Å²) in [6.07, 6.45) is 10.6. The average Bonchev–Trinajstić information content (AvgIpc) is 3.25. The molecule has 0 aliphatic heterocycles. The van der Waals surface area contributed by atoms with Crippen molar-refractivity contribution in [1.29, 1.82) is 0 Å². The minimum atomic E-state index is -4.28. The molecule has 1 aromatic rings. The lowest BCUT2D eigenvalue weighted by Crippen LogP contribution is -2.41. The summed E-state index contributed by atoms with van der Waals surface area (Å²) in [5.74, 6) is 0.351. The topological polar surface area (TPSA) is 128 Å². The van der Waals surface area contributed by atoms with Crippen molar-refractivity contribution in [3.63, 3.8) is 0 Å². The van der Waals surface area contributed by atoms with Crippen molar-refractivity contribution < 1.29 is 22.7 Å². The van der Waals surface area contributed by atoms with Crippen LogP contribution in [0, 0.1) is 5.92 Å². The van der Waals surface area contributed by atoms with Gasteiger partial charge >= 0.3 is 0 Å². The maximum atomic E-state index is 12.4. The summed E-state index contributed by atoms with van der Waals surface area (Å²) in [6, 6.07) is 6.76. The van der Waals surface area contributed by atoms with E-state index in [1.807, 2.05) is 26.0 Å². The molecule has 33 heavy (non-hydrogen) atoms. The van der Waals surface area contributed by atoms with Crippen LogP contribution < -0.4 is 19.9 Å². The maximum absolute atomic E-state index is 12.4. The van der Waals surface area contributed by atoms with Crippen LogP contribution in [0.5, 0.6) is 5.75 Å². The Hall–Kier alpha value is -2.43. The highest BCUT2D eigenvalue weighted by Gasteiger charge is 2.20. The largest absolute Gasteiger partial charge is 0.457 e. The second-order valence-electron chi connectivity index (χ2n) is 7.84. The van der Waals surface area contributed by atoms with E-state index in [0.29, 0.717) is 23.0 Å². The number of carbonyl (C=O) groups excluding carboxylic acids is 2. The van der Waals surface area contributed by atoms with Gasteiger partial charge in [0.1, 0.15) is 17.2 Å². The summed E-state index contributed by atoms with van der Waals surface area (Å²) < 4.78 is 31.0. The number of nitrogens with two attached hydrogens (primary N) is 1. The quantitative estimate of drug-likeness (QED) is 0.235. The van der Waals surface area contributed by atoms with E-state index in [1.165, 1.54) is 18.9 Å². The van der Waals surface area contributed by atoms with Gasteiger partial charge in [-0.25, -0.2) is 9.86 Å². The number of rotatable bonds is 10. The molecular weight excluding hydrogens is 510 g/mol. The van der Waals surface area contributed by atoms with Crippen LogP contribution in [0.1, 0.15) is 57.9 Å². The van der Waals surface area contributed by atoms with Crippen LogP contribution >= 0.6 is 15.9 Å². The van der Waals surface area contributed by atoms with E-state index in [9.17, 15) is 18.0 Å². The Balaban J connectivity index is 2.17. The lowest BCUT2D eigenvalue weighted by molar-refractivity contribution is -0.123. The number of ether oxygens (including phenoxy) is 1. The van der Waals surface area contributed by atoms with Crippen molar-refractivity contribution in [2.24, 2.45) is 11.1 Å². The number of benzene rings is 1. The van der Waals surface area contributed by atoms with E-state index in [1.54, 1.807) is 29.0 Å². The van der Waals surface area contributed by atoms with Crippen LogP contribution in [-0.2, 0) is 19.8 Å².